The molecule has 0 saturated carbocycles. The highest BCUT2D eigenvalue weighted by molar-refractivity contribution is 7.49. The second kappa shape index (κ2) is 19.4. The summed E-state index contributed by atoms with van der Waals surface area (Å²) >= 11 is 0. The SMILES string of the molecule is C=C(C)C(=O)OCCOP(=O)(Oc1ccc(C(C)(C)c2ccc(OP(=O)(OCCOC(=O)C(=C)C)Oc3c(C)cccc3C)cc2)cc1)Oc1c(C)cccc1C. The number of hydrogen-bond acceptors (Lipinski definition) is 12. The van der Waals surface area contributed by atoms with Crippen molar-refractivity contribution in [1.82, 2.24) is 0 Å². The Morgan fingerprint density at radius 3 is 1.14 bits per heavy atom. The van der Waals surface area contributed by atoms with Crippen LogP contribution in [0.3, 0.4) is 0 Å². The van der Waals surface area contributed by atoms with Gasteiger partial charge in [-0.15, -0.1) is 0 Å². The number of para-hydroxylation sites is 2. The Morgan fingerprint density at radius 2 is 0.842 bits per heavy atom. The van der Waals surface area contributed by atoms with E-state index in [0.29, 0.717) is 11.5 Å². The molecule has 0 amide bonds. The topological polar surface area (TPSA) is 142 Å². The monoisotopic (exact) mass is 820 g/mol. The van der Waals surface area contributed by atoms with Crippen LogP contribution < -0.4 is 18.1 Å². The van der Waals surface area contributed by atoms with Gasteiger partial charge in [0.25, 0.3) is 0 Å². The third-order valence-electron chi connectivity index (χ3n) is 8.64. The van der Waals surface area contributed by atoms with Gasteiger partial charge in [0.05, 0.1) is 13.2 Å². The molecule has 0 saturated heterocycles. The van der Waals surface area contributed by atoms with E-state index in [0.717, 1.165) is 33.4 Å². The van der Waals surface area contributed by atoms with Crippen LogP contribution in [0.1, 0.15) is 61.1 Å². The van der Waals surface area contributed by atoms with E-state index >= 15 is 0 Å². The molecule has 0 N–H and O–H groups in total. The number of esters is 2. The first-order valence-corrected chi connectivity index (χ1v) is 21.0. The van der Waals surface area contributed by atoms with Gasteiger partial charge in [-0.25, -0.2) is 18.7 Å². The molecule has 14 heteroatoms. The van der Waals surface area contributed by atoms with Gasteiger partial charge in [0.2, 0.25) is 0 Å². The maximum absolute atomic E-state index is 14.0. The Hall–Kier alpha value is -5.12. The summed E-state index contributed by atoms with van der Waals surface area (Å²) in [4.78, 5) is 23.7. The maximum Gasteiger partial charge on any atom is 0.587 e. The molecule has 0 spiro atoms. The molecule has 0 heterocycles. The van der Waals surface area contributed by atoms with Crippen molar-refractivity contribution in [2.24, 2.45) is 0 Å². The van der Waals surface area contributed by atoms with Crippen molar-refractivity contribution in [3.8, 4) is 23.0 Å². The summed E-state index contributed by atoms with van der Waals surface area (Å²) in [6.45, 7) is 20.6. The van der Waals surface area contributed by atoms with Crippen molar-refractivity contribution in [3.05, 3.63) is 143 Å². The van der Waals surface area contributed by atoms with Gasteiger partial charge in [0.15, 0.2) is 0 Å². The Balaban J connectivity index is 1.51. The normalized spacial score (nSPS) is 13.3. The van der Waals surface area contributed by atoms with Crippen LogP contribution in [0.15, 0.2) is 109 Å². The number of benzene rings is 4. The van der Waals surface area contributed by atoms with Gasteiger partial charge < -0.3 is 27.6 Å². The lowest BCUT2D eigenvalue weighted by molar-refractivity contribution is -0.140. The second-order valence-electron chi connectivity index (χ2n) is 13.9. The number of carbonyl (C=O) groups is 2. The van der Waals surface area contributed by atoms with Crippen LogP contribution in [0.4, 0.5) is 0 Å². The Bertz CT molecular complexity index is 1980. The molecule has 304 valence electrons. The third-order valence-corrected chi connectivity index (χ3v) is 11.3. The highest BCUT2D eigenvalue weighted by atomic mass is 31.2. The van der Waals surface area contributed by atoms with E-state index in [-0.39, 0.29) is 49.1 Å². The second-order valence-corrected chi connectivity index (χ2v) is 16.9. The lowest BCUT2D eigenvalue weighted by Gasteiger charge is -2.27. The van der Waals surface area contributed by atoms with Crippen molar-refractivity contribution in [3.63, 3.8) is 0 Å². The Kier molecular flexibility index (Phi) is 15.1. The molecule has 2 unspecified atom stereocenters. The summed E-state index contributed by atoms with van der Waals surface area (Å²) in [5.41, 5.74) is 4.59. The number of phosphoric ester groups is 2. The van der Waals surface area contributed by atoms with Crippen LogP contribution in [0.5, 0.6) is 23.0 Å². The van der Waals surface area contributed by atoms with E-state index in [4.69, 9.17) is 36.6 Å². The molecular weight excluding hydrogens is 770 g/mol. The molecular formula is C43H50O12P2. The fourth-order valence-electron chi connectivity index (χ4n) is 5.36. The number of rotatable bonds is 20. The van der Waals surface area contributed by atoms with Crippen LogP contribution in [-0.2, 0) is 42.7 Å². The molecule has 4 aromatic rings. The first kappa shape index (κ1) is 44.6. The molecule has 2 atom stereocenters. The zero-order valence-electron chi connectivity index (χ0n) is 33.6. The Labute approximate surface area is 334 Å². The summed E-state index contributed by atoms with van der Waals surface area (Å²) in [6, 6.07) is 24.9. The largest absolute Gasteiger partial charge is 0.587 e. The van der Waals surface area contributed by atoms with E-state index in [2.05, 4.69) is 13.2 Å². The van der Waals surface area contributed by atoms with Crippen LogP contribution in [-0.4, -0.2) is 38.4 Å². The zero-order valence-corrected chi connectivity index (χ0v) is 35.4. The zero-order chi connectivity index (χ0) is 42.0. The molecule has 0 radical (unpaired) electrons. The highest BCUT2D eigenvalue weighted by Crippen LogP contribution is 2.52. The van der Waals surface area contributed by atoms with Crippen LogP contribution >= 0.6 is 15.6 Å². The van der Waals surface area contributed by atoms with Crippen molar-refractivity contribution in [1.29, 1.82) is 0 Å². The molecule has 57 heavy (non-hydrogen) atoms. The van der Waals surface area contributed by atoms with Gasteiger partial charge in [-0.05, 0) is 99.2 Å². The van der Waals surface area contributed by atoms with Crippen molar-refractivity contribution < 1.29 is 55.3 Å². The maximum atomic E-state index is 14.0. The molecule has 0 bridgehead atoms. The quantitative estimate of drug-likeness (QED) is 0.0362. The molecule has 0 aliphatic heterocycles. The number of ether oxygens (including phenoxy) is 2. The van der Waals surface area contributed by atoms with E-state index in [9.17, 15) is 18.7 Å². The third kappa shape index (κ3) is 12.4. The summed E-state index contributed by atoms with van der Waals surface area (Å²) in [7, 11) is -8.56. The predicted octanol–water partition coefficient (Wildman–Crippen LogP) is 10.6. The molecule has 0 aliphatic carbocycles. The van der Waals surface area contributed by atoms with E-state index in [1.165, 1.54) is 13.8 Å². The molecule has 0 fully saturated rings. The van der Waals surface area contributed by atoms with Crippen molar-refractivity contribution in [2.75, 3.05) is 26.4 Å². The fourth-order valence-corrected chi connectivity index (χ4v) is 8.02. The van der Waals surface area contributed by atoms with E-state index < -0.39 is 33.0 Å². The van der Waals surface area contributed by atoms with Gasteiger partial charge in [0.1, 0.15) is 36.2 Å². The number of phosphoric acid groups is 2. The molecule has 4 rings (SSSR count). The molecule has 12 nitrogen and oxygen atoms in total. The summed E-state index contributed by atoms with van der Waals surface area (Å²) in [5.74, 6) is -0.0426. The number of aryl methyl sites for hydroxylation is 4. The summed E-state index contributed by atoms with van der Waals surface area (Å²) in [6.07, 6.45) is 0. The van der Waals surface area contributed by atoms with E-state index in [1.807, 2.05) is 102 Å². The van der Waals surface area contributed by atoms with Crippen LogP contribution in [0, 0.1) is 27.7 Å². The van der Waals surface area contributed by atoms with Gasteiger partial charge >= 0.3 is 27.6 Å². The molecule has 0 aromatic heterocycles. The first-order chi connectivity index (χ1) is 26.8. The van der Waals surface area contributed by atoms with Crippen molar-refractivity contribution in [2.45, 2.75) is 60.8 Å². The minimum Gasteiger partial charge on any atom is -0.460 e. The standard InChI is InChI=1S/C43H50O12P2/c1-29(2)41(44)48-25-27-50-56(46,54-39-31(5)13-11-14-32(39)6)52-37-21-17-35(18-22-37)43(9,10)36-19-23-38(24-20-36)53-57(47,51-28-26-49-42(45)30(3)4)55-40-33(7)15-12-16-34(40)8/h11-24H,1,3,25-28H2,2,4-10H3. The highest BCUT2D eigenvalue weighted by Gasteiger charge is 2.34. The van der Waals surface area contributed by atoms with Gasteiger partial charge in [0, 0.05) is 16.6 Å². The fraction of sp³-hybridized carbons (Fsp3) is 0.302. The summed E-state index contributed by atoms with van der Waals surface area (Å²) in [5, 5.41) is 0. The lowest BCUT2D eigenvalue weighted by Crippen LogP contribution is -2.19. The van der Waals surface area contributed by atoms with Gasteiger partial charge in [-0.3, -0.25) is 9.05 Å². The number of carbonyl (C=O) groups excluding carboxylic acids is 2. The summed E-state index contributed by atoms with van der Waals surface area (Å²) < 4.78 is 73.0. The van der Waals surface area contributed by atoms with E-state index in [1.54, 1.807) is 24.3 Å². The Morgan fingerprint density at radius 1 is 0.526 bits per heavy atom. The average molecular weight is 821 g/mol. The van der Waals surface area contributed by atoms with Gasteiger partial charge in [-0.2, -0.15) is 0 Å². The minimum atomic E-state index is -4.28. The average Bonchev–Trinajstić information content (AvgIpc) is 3.15. The smallest absolute Gasteiger partial charge is 0.460 e. The molecule has 0 aliphatic rings. The molecule has 4 aromatic carbocycles. The van der Waals surface area contributed by atoms with Crippen molar-refractivity contribution >= 4 is 27.6 Å². The van der Waals surface area contributed by atoms with Crippen LogP contribution in [0.25, 0.3) is 0 Å². The predicted molar refractivity (Wildman–Crippen MR) is 218 cm³/mol. The van der Waals surface area contributed by atoms with Crippen LogP contribution in [0.2, 0.25) is 0 Å². The minimum absolute atomic E-state index is 0.191. The lowest BCUT2D eigenvalue weighted by atomic mass is 9.78. The first-order valence-electron chi connectivity index (χ1n) is 18.1. The van der Waals surface area contributed by atoms with Gasteiger partial charge in [-0.1, -0.05) is 87.7 Å². The number of hydrogen-bond donors (Lipinski definition) is 0.